The van der Waals surface area contributed by atoms with Crippen molar-refractivity contribution in [2.75, 3.05) is 25.7 Å². The van der Waals surface area contributed by atoms with Crippen LogP contribution in [0.1, 0.15) is 15.9 Å². The minimum atomic E-state index is -4.61. The summed E-state index contributed by atoms with van der Waals surface area (Å²) in [6.45, 7) is -1.30. The molecule has 0 saturated carbocycles. The first-order valence-corrected chi connectivity index (χ1v) is 9.59. The highest BCUT2D eigenvalue weighted by atomic mass is 35.5. The van der Waals surface area contributed by atoms with Crippen molar-refractivity contribution in [3.63, 3.8) is 0 Å². The van der Waals surface area contributed by atoms with E-state index in [0.29, 0.717) is 6.07 Å². The number of carbonyl (C=O) groups excluding carboxylic acids is 2. The van der Waals surface area contributed by atoms with Gasteiger partial charge in [-0.15, -0.1) is 11.6 Å². The van der Waals surface area contributed by atoms with Crippen molar-refractivity contribution < 1.29 is 41.9 Å². The fourth-order valence-electron chi connectivity index (χ4n) is 2.35. The monoisotopic (exact) mass is 495 g/mol. The maximum Gasteiger partial charge on any atom is 0.416 e. The Morgan fingerprint density at radius 2 is 1.81 bits per heavy atom. The van der Waals surface area contributed by atoms with Gasteiger partial charge in [0.15, 0.2) is 5.78 Å². The van der Waals surface area contributed by atoms with Crippen molar-refractivity contribution in [3.05, 3.63) is 62.7 Å². The van der Waals surface area contributed by atoms with Gasteiger partial charge in [-0.2, -0.15) is 13.2 Å². The van der Waals surface area contributed by atoms with Crippen LogP contribution in [0, 0.1) is 10.1 Å². The van der Waals surface area contributed by atoms with Crippen LogP contribution in [-0.4, -0.2) is 42.4 Å². The van der Waals surface area contributed by atoms with Crippen molar-refractivity contribution in [3.8, 4) is 11.5 Å². The highest BCUT2D eigenvalue weighted by Crippen LogP contribution is 2.37. The number of nitro benzene ring substituents is 1. The van der Waals surface area contributed by atoms with E-state index in [0.717, 1.165) is 30.3 Å². The Morgan fingerprint density at radius 1 is 1.09 bits per heavy atom. The first-order valence-electron chi connectivity index (χ1n) is 8.68. The van der Waals surface area contributed by atoms with Gasteiger partial charge >= 0.3 is 12.1 Å². The van der Waals surface area contributed by atoms with Gasteiger partial charge in [-0.25, -0.2) is 4.79 Å². The van der Waals surface area contributed by atoms with Crippen molar-refractivity contribution in [2.45, 2.75) is 6.18 Å². The number of Topliss-reactive ketones (excluding diaryl/α,β-unsaturated/α-hetero) is 1. The van der Waals surface area contributed by atoms with Gasteiger partial charge in [-0.3, -0.25) is 14.9 Å². The highest BCUT2D eigenvalue weighted by molar-refractivity contribution is 6.32. The maximum absolute atomic E-state index is 12.8. The number of carbonyl (C=O) groups is 2. The van der Waals surface area contributed by atoms with Crippen molar-refractivity contribution in [1.82, 2.24) is 0 Å². The molecule has 2 aromatic rings. The molecular weight excluding hydrogens is 482 g/mol. The first kappa shape index (κ1) is 25.4. The molecule has 0 aliphatic heterocycles. The molecule has 0 aliphatic carbocycles. The predicted octanol–water partition coefficient (Wildman–Crippen LogP) is 5.04. The maximum atomic E-state index is 12.8. The Kier molecular flexibility index (Phi) is 8.81. The average molecular weight is 496 g/mol. The van der Waals surface area contributed by atoms with E-state index in [1.807, 2.05) is 0 Å². The molecule has 0 atom stereocenters. The highest BCUT2D eigenvalue weighted by Gasteiger charge is 2.31. The van der Waals surface area contributed by atoms with Crippen LogP contribution in [0.5, 0.6) is 11.5 Å². The van der Waals surface area contributed by atoms with Crippen LogP contribution in [0.4, 0.5) is 18.9 Å². The molecule has 32 heavy (non-hydrogen) atoms. The van der Waals surface area contributed by atoms with Crippen LogP contribution in [0.15, 0.2) is 36.4 Å². The van der Waals surface area contributed by atoms with Crippen LogP contribution in [0.25, 0.3) is 0 Å². The summed E-state index contributed by atoms with van der Waals surface area (Å²) in [7, 11) is 0. The standard InChI is InChI=1S/C19H14Cl2F3NO7/c20-5-6-31-18(27)10-30-9-16(26)13-8-12(2-3-15(13)25(28)29)32-17-4-1-11(7-14(17)21)19(22,23)24/h1-4,7-8H,5-6,9-10H2. The fourth-order valence-corrected chi connectivity index (χ4v) is 2.64. The van der Waals surface area contributed by atoms with Crippen LogP contribution in [0.2, 0.25) is 5.02 Å². The number of halogens is 5. The van der Waals surface area contributed by atoms with Gasteiger partial charge in [0.05, 0.1) is 21.4 Å². The Balaban J connectivity index is 2.18. The lowest BCUT2D eigenvalue weighted by molar-refractivity contribution is -0.385. The van der Waals surface area contributed by atoms with Gasteiger partial charge in [0.25, 0.3) is 5.69 Å². The molecule has 0 aromatic heterocycles. The van der Waals surface area contributed by atoms with Crippen molar-refractivity contribution in [2.24, 2.45) is 0 Å². The third-order valence-corrected chi connectivity index (χ3v) is 4.20. The molecule has 2 aromatic carbocycles. The minimum absolute atomic E-state index is 0.0466. The number of esters is 1. The molecule has 172 valence electrons. The van der Waals surface area contributed by atoms with Gasteiger partial charge in [0.2, 0.25) is 0 Å². The van der Waals surface area contributed by atoms with Gasteiger partial charge in [-0.1, -0.05) is 11.6 Å². The average Bonchev–Trinajstić information content (AvgIpc) is 2.72. The summed E-state index contributed by atoms with van der Waals surface area (Å²) in [4.78, 5) is 34.2. The number of alkyl halides is 4. The lowest BCUT2D eigenvalue weighted by atomic mass is 10.1. The Labute approximate surface area is 188 Å². The molecule has 0 N–H and O–H groups in total. The second-order valence-corrected chi connectivity index (χ2v) is 6.79. The number of ketones is 1. The summed E-state index contributed by atoms with van der Waals surface area (Å²) < 4.78 is 53.2. The molecule has 0 amide bonds. The first-order chi connectivity index (χ1) is 15.0. The summed E-state index contributed by atoms with van der Waals surface area (Å²) in [5, 5.41) is 10.9. The number of benzene rings is 2. The predicted molar refractivity (Wildman–Crippen MR) is 106 cm³/mol. The zero-order valence-corrected chi connectivity index (χ0v) is 17.5. The smallest absolute Gasteiger partial charge is 0.416 e. The quantitative estimate of drug-likeness (QED) is 0.149. The van der Waals surface area contributed by atoms with Crippen LogP contribution >= 0.6 is 23.2 Å². The molecule has 0 fully saturated rings. The van der Waals surface area contributed by atoms with Crippen molar-refractivity contribution >= 4 is 40.6 Å². The molecular formula is C19H14Cl2F3NO7. The number of hydrogen-bond acceptors (Lipinski definition) is 7. The summed E-state index contributed by atoms with van der Waals surface area (Å²) in [6, 6.07) is 5.52. The van der Waals surface area contributed by atoms with Gasteiger partial charge in [-0.05, 0) is 30.3 Å². The summed E-state index contributed by atoms with van der Waals surface area (Å²) in [5.74, 6) is -1.80. The Hall–Kier alpha value is -2.89. The van der Waals surface area contributed by atoms with E-state index in [1.54, 1.807) is 0 Å². The molecule has 2 rings (SSSR count). The lowest BCUT2D eigenvalue weighted by Gasteiger charge is -2.12. The van der Waals surface area contributed by atoms with E-state index in [4.69, 9.17) is 32.7 Å². The summed E-state index contributed by atoms with van der Waals surface area (Å²) in [5.41, 5.74) is -1.95. The minimum Gasteiger partial charge on any atom is -0.463 e. The van der Waals surface area contributed by atoms with Gasteiger partial charge < -0.3 is 14.2 Å². The molecule has 0 aliphatic rings. The zero-order chi connectivity index (χ0) is 23.9. The molecule has 0 spiro atoms. The Bertz CT molecular complexity index is 1010. The largest absolute Gasteiger partial charge is 0.463 e. The van der Waals surface area contributed by atoms with E-state index in [9.17, 15) is 32.9 Å². The number of nitrogens with zero attached hydrogens (tertiary/aromatic N) is 1. The van der Waals surface area contributed by atoms with E-state index < -0.39 is 52.9 Å². The molecule has 0 radical (unpaired) electrons. The zero-order valence-electron chi connectivity index (χ0n) is 16.0. The number of nitro groups is 1. The third-order valence-electron chi connectivity index (χ3n) is 3.75. The van der Waals surface area contributed by atoms with Crippen LogP contribution < -0.4 is 4.74 Å². The number of hydrogen-bond donors (Lipinski definition) is 0. The molecule has 0 unspecified atom stereocenters. The Morgan fingerprint density at radius 3 is 2.41 bits per heavy atom. The lowest BCUT2D eigenvalue weighted by Crippen LogP contribution is -2.18. The topological polar surface area (TPSA) is 105 Å². The summed E-state index contributed by atoms with van der Waals surface area (Å²) in [6.07, 6.45) is -4.61. The normalized spacial score (nSPS) is 11.2. The van der Waals surface area contributed by atoms with E-state index in [-0.39, 0.29) is 29.0 Å². The molecule has 0 saturated heterocycles. The van der Waals surface area contributed by atoms with Crippen LogP contribution in [0.3, 0.4) is 0 Å². The summed E-state index contributed by atoms with van der Waals surface area (Å²) >= 11 is 11.2. The van der Waals surface area contributed by atoms with E-state index in [2.05, 4.69) is 4.74 Å². The molecule has 0 bridgehead atoms. The number of rotatable bonds is 10. The van der Waals surface area contributed by atoms with E-state index in [1.165, 1.54) is 0 Å². The molecule has 8 nitrogen and oxygen atoms in total. The second-order valence-electron chi connectivity index (χ2n) is 6.01. The molecule has 13 heteroatoms. The van der Waals surface area contributed by atoms with E-state index >= 15 is 0 Å². The number of ether oxygens (including phenoxy) is 3. The molecule has 0 heterocycles. The van der Waals surface area contributed by atoms with Gasteiger partial charge in [0.1, 0.15) is 36.9 Å². The van der Waals surface area contributed by atoms with Gasteiger partial charge in [0, 0.05) is 6.07 Å². The third kappa shape index (κ3) is 7.08. The van der Waals surface area contributed by atoms with Crippen LogP contribution in [-0.2, 0) is 20.4 Å². The SMILES string of the molecule is O=C(COCC(=O)c1cc(Oc2ccc(C(F)(F)F)cc2Cl)ccc1[N+](=O)[O-])OCCCl. The second kappa shape index (κ2) is 11.1. The fraction of sp³-hybridized carbons (Fsp3) is 0.263. The van der Waals surface area contributed by atoms with Crippen molar-refractivity contribution in [1.29, 1.82) is 0 Å².